The van der Waals surface area contributed by atoms with Gasteiger partial charge in [0, 0.05) is 13.0 Å². The largest absolute Gasteiger partial charge is 0.461 e. The van der Waals surface area contributed by atoms with E-state index in [0.29, 0.717) is 18.8 Å². The lowest BCUT2D eigenvalue weighted by molar-refractivity contribution is 0.0849. The molecule has 78 valence electrons. The van der Waals surface area contributed by atoms with Crippen molar-refractivity contribution in [2.45, 2.75) is 26.2 Å². The summed E-state index contributed by atoms with van der Waals surface area (Å²) in [6, 6.07) is 3.39. The first kappa shape index (κ1) is 11.0. The van der Waals surface area contributed by atoms with Gasteiger partial charge in [0.05, 0.1) is 12.9 Å². The molecule has 0 amide bonds. The van der Waals surface area contributed by atoms with E-state index in [1.54, 1.807) is 12.1 Å². The fraction of sp³-hybridized carbons (Fsp3) is 0.545. The normalized spacial score (nSPS) is 10.4. The number of furan rings is 1. The SMILES string of the molecule is CCCCOCCC(=O)c1ccco1. The van der Waals surface area contributed by atoms with Crippen molar-refractivity contribution in [3.63, 3.8) is 0 Å². The number of ether oxygens (including phenoxy) is 1. The number of hydrogen-bond donors (Lipinski definition) is 0. The van der Waals surface area contributed by atoms with Crippen LogP contribution < -0.4 is 0 Å². The van der Waals surface area contributed by atoms with Crippen LogP contribution in [0.25, 0.3) is 0 Å². The van der Waals surface area contributed by atoms with Crippen LogP contribution in [0.15, 0.2) is 22.8 Å². The molecule has 0 fully saturated rings. The van der Waals surface area contributed by atoms with Gasteiger partial charge in [0.1, 0.15) is 0 Å². The average Bonchev–Trinajstić information content (AvgIpc) is 2.70. The summed E-state index contributed by atoms with van der Waals surface area (Å²) >= 11 is 0. The molecule has 3 heteroatoms. The van der Waals surface area contributed by atoms with E-state index in [4.69, 9.17) is 9.15 Å². The summed E-state index contributed by atoms with van der Waals surface area (Å²) in [7, 11) is 0. The molecule has 1 rings (SSSR count). The minimum Gasteiger partial charge on any atom is -0.461 e. The monoisotopic (exact) mass is 196 g/mol. The maximum atomic E-state index is 11.4. The van der Waals surface area contributed by atoms with Crippen molar-refractivity contribution in [1.82, 2.24) is 0 Å². The number of hydrogen-bond acceptors (Lipinski definition) is 3. The summed E-state index contributed by atoms with van der Waals surface area (Å²) < 4.78 is 10.2. The summed E-state index contributed by atoms with van der Waals surface area (Å²) in [4.78, 5) is 11.4. The van der Waals surface area contributed by atoms with Crippen molar-refractivity contribution in [3.05, 3.63) is 24.2 Å². The van der Waals surface area contributed by atoms with Crippen LogP contribution in [-0.4, -0.2) is 19.0 Å². The van der Waals surface area contributed by atoms with Crippen LogP contribution in [0, 0.1) is 0 Å². The summed E-state index contributed by atoms with van der Waals surface area (Å²) in [6.45, 7) is 3.33. The highest BCUT2D eigenvalue weighted by Gasteiger charge is 2.07. The summed E-state index contributed by atoms with van der Waals surface area (Å²) in [6.07, 6.45) is 4.07. The van der Waals surface area contributed by atoms with Gasteiger partial charge in [-0.25, -0.2) is 0 Å². The van der Waals surface area contributed by atoms with Gasteiger partial charge >= 0.3 is 0 Å². The third kappa shape index (κ3) is 3.75. The highest BCUT2D eigenvalue weighted by atomic mass is 16.5. The Kier molecular flexibility index (Phi) is 5.00. The zero-order valence-electron chi connectivity index (χ0n) is 8.49. The molecule has 0 unspecified atom stereocenters. The molecule has 0 aliphatic rings. The summed E-state index contributed by atoms with van der Waals surface area (Å²) in [5.74, 6) is 0.426. The van der Waals surface area contributed by atoms with Crippen molar-refractivity contribution < 1.29 is 13.9 Å². The molecule has 0 N–H and O–H groups in total. The van der Waals surface area contributed by atoms with Crippen molar-refractivity contribution in [2.75, 3.05) is 13.2 Å². The number of carbonyl (C=O) groups excluding carboxylic acids is 1. The highest BCUT2D eigenvalue weighted by molar-refractivity contribution is 5.93. The maximum Gasteiger partial charge on any atom is 0.200 e. The second-order valence-corrected chi connectivity index (χ2v) is 3.12. The Morgan fingerprint density at radius 2 is 2.36 bits per heavy atom. The van der Waals surface area contributed by atoms with Crippen LogP contribution in [0.2, 0.25) is 0 Å². The molecule has 0 bridgehead atoms. The van der Waals surface area contributed by atoms with Gasteiger partial charge in [-0.1, -0.05) is 13.3 Å². The average molecular weight is 196 g/mol. The van der Waals surface area contributed by atoms with Gasteiger partial charge in [-0.05, 0) is 18.6 Å². The summed E-state index contributed by atoms with van der Waals surface area (Å²) in [5.41, 5.74) is 0. The van der Waals surface area contributed by atoms with Crippen molar-refractivity contribution in [2.24, 2.45) is 0 Å². The number of carbonyl (C=O) groups is 1. The standard InChI is InChI=1S/C11H16O3/c1-2-3-7-13-9-6-10(12)11-5-4-8-14-11/h4-5,8H,2-3,6-7,9H2,1H3. The van der Waals surface area contributed by atoms with E-state index in [2.05, 4.69) is 6.92 Å². The van der Waals surface area contributed by atoms with Crippen LogP contribution in [0.1, 0.15) is 36.7 Å². The molecule has 0 aliphatic heterocycles. The quantitative estimate of drug-likeness (QED) is 0.497. The molecule has 14 heavy (non-hydrogen) atoms. The fourth-order valence-corrected chi connectivity index (χ4v) is 1.07. The molecule has 1 aromatic heterocycles. The molecule has 1 heterocycles. The Balaban J connectivity index is 2.10. The minimum atomic E-state index is 0.00602. The second-order valence-electron chi connectivity index (χ2n) is 3.12. The first-order chi connectivity index (χ1) is 6.84. The van der Waals surface area contributed by atoms with Crippen molar-refractivity contribution >= 4 is 5.78 Å². The highest BCUT2D eigenvalue weighted by Crippen LogP contribution is 2.04. The molecule has 1 aromatic rings. The molecule has 0 saturated carbocycles. The Bertz CT molecular complexity index is 252. The molecular weight excluding hydrogens is 180 g/mol. The number of ketones is 1. The zero-order valence-corrected chi connectivity index (χ0v) is 8.49. The lowest BCUT2D eigenvalue weighted by atomic mass is 10.2. The van der Waals surface area contributed by atoms with Crippen LogP contribution in [0.3, 0.4) is 0 Å². The Morgan fingerprint density at radius 3 is 3.00 bits per heavy atom. The zero-order chi connectivity index (χ0) is 10.2. The summed E-state index contributed by atoms with van der Waals surface area (Å²) in [5, 5.41) is 0. The van der Waals surface area contributed by atoms with Gasteiger partial charge in [-0.2, -0.15) is 0 Å². The second kappa shape index (κ2) is 6.38. The third-order valence-corrected chi connectivity index (χ3v) is 1.91. The van der Waals surface area contributed by atoms with Crippen LogP contribution in [-0.2, 0) is 4.74 Å². The topological polar surface area (TPSA) is 39.4 Å². The Labute approximate surface area is 84.1 Å². The molecule has 0 radical (unpaired) electrons. The molecule has 0 aromatic carbocycles. The number of unbranched alkanes of at least 4 members (excludes halogenated alkanes) is 1. The van der Waals surface area contributed by atoms with Gasteiger partial charge in [0.15, 0.2) is 11.5 Å². The fourth-order valence-electron chi connectivity index (χ4n) is 1.07. The predicted molar refractivity (Wildman–Crippen MR) is 53.4 cm³/mol. The van der Waals surface area contributed by atoms with E-state index in [1.807, 2.05) is 0 Å². The molecule has 0 spiro atoms. The van der Waals surface area contributed by atoms with E-state index >= 15 is 0 Å². The van der Waals surface area contributed by atoms with Crippen molar-refractivity contribution in [3.8, 4) is 0 Å². The van der Waals surface area contributed by atoms with E-state index in [0.717, 1.165) is 19.4 Å². The number of Topliss-reactive ketones (excluding diaryl/α,β-unsaturated/α-hetero) is 1. The van der Waals surface area contributed by atoms with Gasteiger partial charge in [-0.15, -0.1) is 0 Å². The Hall–Kier alpha value is -1.09. The first-order valence-corrected chi connectivity index (χ1v) is 4.99. The lowest BCUT2D eigenvalue weighted by Crippen LogP contribution is -2.04. The van der Waals surface area contributed by atoms with E-state index < -0.39 is 0 Å². The molecule has 0 atom stereocenters. The maximum absolute atomic E-state index is 11.4. The molecule has 0 aliphatic carbocycles. The minimum absolute atomic E-state index is 0.00602. The smallest absolute Gasteiger partial charge is 0.200 e. The van der Waals surface area contributed by atoms with E-state index in [-0.39, 0.29) is 5.78 Å². The predicted octanol–water partition coefficient (Wildman–Crippen LogP) is 2.67. The molecule has 0 saturated heterocycles. The van der Waals surface area contributed by atoms with Crippen LogP contribution in [0.4, 0.5) is 0 Å². The van der Waals surface area contributed by atoms with Gasteiger partial charge in [0.2, 0.25) is 0 Å². The Morgan fingerprint density at radius 1 is 1.50 bits per heavy atom. The molecular formula is C11H16O3. The van der Waals surface area contributed by atoms with Gasteiger partial charge < -0.3 is 9.15 Å². The molecule has 3 nitrogen and oxygen atoms in total. The third-order valence-electron chi connectivity index (χ3n) is 1.91. The van der Waals surface area contributed by atoms with Gasteiger partial charge in [0.25, 0.3) is 0 Å². The van der Waals surface area contributed by atoms with Crippen LogP contribution >= 0.6 is 0 Å². The van der Waals surface area contributed by atoms with E-state index in [1.165, 1.54) is 6.26 Å². The lowest BCUT2D eigenvalue weighted by Gasteiger charge is -2.00. The van der Waals surface area contributed by atoms with E-state index in [9.17, 15) is 4.79 Å². The number of rotatable bonds is 7. The van der Waals surface area contributed by atoms with Crippen LogP contribution in [0.5, 0.6) is 0 Å². The first-order valence-electron chi connectivity index (χ1n) is 4.99. The van der Waals surface area contributed by atoms with Crippen molar-refractivity contribution in [1.29, 1.82) is 0 Å². The van der Waals surface area contributed by atoms with Gasteiger partial charge in [-0.3, -0.25) is 4.79 Å².